The lowest BCUT2D eigenvalue weighted by Gasteiger charge is -2.30. The zero-order chi connectivity index (χ0) is 22.5. The van der Waals surface area contributed by atoms with Crippen molar-refractivity contribution in [3.8, 4) is 0 Å². The largest absolute Gasteiger partial charge is 0.360 e. The minimum absolute atomic E-state index is 0.423. The Bertz CT molecular complexity index is 1100. The van der Waals surface area contributed by atoms with Gasteiger partial charge in [0.25, 0.3) is 0 Å². The summed E-state index contributed by atoms with van der Waals surface area (Å²) in [6, 6.07) is 12.9. The van der Waals surface area contributed by atoms with E-state index in [1.54, 1.807) is 12.4 Å². The van der Waals surface area contributed by atoms with Crippen molar-refractivity contribution < 1.29 is 0 Å². The summed E-state index contributed by atoms with van der Waals surface area (Å²) in [6.07, 6.45) is 10.6. The highest BCUT2D eigenvalue weighted by Gasteiger charge is 2.20. The monoisotopic (exact) mass is 477 g/mol. The van der Waals surface area contributed by atoms with E-state index >= 15 is 0 Å². The zero-order valence-corrected chi connectivity index (χ0v) is 20.0. The molecule has 33 heavy (non-hydrogen) atoms. The summed E-state index contributed by atoms with van der Waals surface area (Å²) in [6.45, 7) is 1.73. The van der Waals surface area contributed by atoms with Crippen molar-refractivity contribution in [2.45, 2.75) is 61.3 Å². The van der Waals surface area contributed by atoms with Crippen LogP contribution in [0, 0.1) is 0 Å². The lowest BCUT2D eigenvalue weighted by Crippen LogP contribution is -2.39. The smallest absolute Gasteiger partial charge is 0.232 e. The van der Waals surface area contributed by atoms with E-state index in [0.29, 0.717) is 22.3 Å². The molecule has 5 rings (SSSR count). The molecule has 0 spiro atoms. The predicted molar refractivity (Wildman–Crippen MR) is 136 cm³/mol. The maximum absolute atomic E-state index is 5.59. The number of nitrogens with zero attached hydrogens (tertiary/aromatic N) is 5. The van der Waals surface area contributed by atoms with Crippen LogP contribution in [0.4, 0.5) is 11.8 Å². The minimum atomic E-state index is 0.423. The molecular formula is C24H27N7S2. The fraction of sp³-hybridized carbons (Fsp3) is 0.375. The topological polar surface area (TPSA) is 78.9 Å². The molecule has 7 nitrogen and oxygen atoms in total. The van der Waals surface area contributed by atoms with Gasteiger partial charge < -0.3 is 15.5 Å². The SMILES string of the molecule is S=C(Nc1nc(Sc2ncccn2)cc(N2CCc3ccccc3C2)n1)NC1CCCCC1. The van der Waals surface area contributed by atoms with E-state index in [4.69, 9.17) is 22.2 Å². The molecule has 1 aliphatic heterocycles. The molecule has 0 radical (unpaired) electrons. The highest BCUT2D eigenvalue weighted by atomic mass is 32.2. The number of benzene rings is 1. The average molecular weight is 478 g/mol. The molecule has 2 N–H and O–H groups in total. The fourth-order valence-electron chi connectivity index (χ4n) is 4.38. The van der Waals surface area contributed by atoms with Gasteiger partial charge in [0.1, 0.15) is 10.8 Å². The van der Waals surface area contributed by atoms with E-state index < -0.39 is 0 Å². The second-order valence-corrected chi connectivity index (χ2v) is 9.79. The van der Waals surface area contributed by atoms with Crippen molar-refractivity contribution in [1.82, 2.24) is 25.3 Å². The first-order chi connectivity index (χ1) is 16.2. The number of anilines is 2. The molecule has 2 aromatic heterocycles. The third-order valence-corrected chi connectivity index (χ3v) is 7.08. The number of hydrogen-bond acceptors (Lipinski definition) is 7. The van der Waals surface area contributed by atoms with Crippen molar-refractivity contribution in [2.75, 3.05) is 16.8 Å². The molecule has 1 aromatic carbocycles. The lowest BCUT2D eigenvalue weighted by molar-refractivity contribution is 0.414. The van der Waals surface area contributed by atoms with Gasteiger partial charge in [-0.1, -0.05) is 43.5 Å². The second-order valence-electron chi connectivity index (χ2n) is 8.40. The number of rotatable bonds is 5. The predicted octanol–water partition coefficient (Wildman–Crippen LogP) is 4.60. The maximum Gasteiger partial charge on any atom is 0.232 e. The molecule has 2 aliphatic rings. The van der Waals surface area contributed by atoms with Gasteiger partial charge in [-0.15, -0.1) is 0 Å². The second kappa shape index (κ2) is 10.4. The first-order valence-electron chi connectivity index (χ1n) is 11.5. The molecular weight excluding hydrogens is 450 g/mol. The Morgan fingerprint density at radius 1 is 1.00 bits per heavy atom. The molecule has 0 saturated heterocycles. The highest BCUT2D eigenvalue weighted by molar-refractivity contribution is 7.99. The van der Waals surface area contributed by atoms with Crippen molar-refractivity contribution in [1.29, 1.82) is 0 Å². The Balaban J connectivity index is 1.37. The number of fused-ring (bicyclic) bond motifs is 1. The van der Waals surface area contributed by atoms with Gasteiger partial charge in [0, 0.05) is 37.6 Å². The molecule has 9 heteroatoms. The quantitative estimate of drug-likeness (QED) is 0.311. The Morgan fingerprint density at radius 3 is 2.61 bits per heavy atom. The van der Waals surface area contributed by atoms with Crippen LogP contribution in [0.15, 0.2) is 59.0 Å². The summed E-state index contributed by atoms with van der Waals surface area (Å²) >= 11 is 7.02. The van der Waals surface area contributed by atoms with E-state index in [1.165, 1.54) is 42.2 Å². The van der Waals surface area contributed by atoms with Gasteiger partial charge in [-0.25, -0.2) is 15.0 Å². The van der Waals surface area contributed by atoms with Crippen LogP contribution in [0.1, 0.15) is 43.2 Å². The fourth-order valence-corrected chi connectivity index (χ4v) is 5.34. The minimum Gasteiger partial charge on any atom is -0.360 e. The summed E-state index contributed by atoms with van der Waals surface area (Å²) in [4.78, 5) is 20.5. The highest BCUT2D eigenvalue weighted by Crippen LogP contribution is 2.29. The molecule has 0 unspecified atom stereocenters. The van der Waals surface area contributed by atoms with Gasteiger partial charge in [-0.3, -0.25) is 0 Å². The van der Waals surface area contributed by atoms with Gasteiger partial charge >= 0.3 is 0 Å². The molecule has 1 saturated carbocycles. The van der Waals surface area contributed by atoms with Crippen molar-refractivity contribution >= 4 is 40.9 Å². The maximum atomic E-state index is 5.59. The standard InChI is InChI=1S/C24H27N7S2/c32-23(27-19-9-2-1-3-10-19)30-22-28-20(15-21(29-22)33-24-25-12-6-13-26-24)31-14-11-17-7-4-5-8-18(17)16-31/h4-8,12-13,15,19H,1-3,9-11,14,16H2,(H2,27,28,29,30,32). The summed E-state index contributed by atoms with van der Waals surface area (Å²) in [5, 5.41) is 8.69. The first-order valence-corrected chi connectivity index (χ1v) is 12.7. The van der Waals surface area contributed by atoms with E-state index in [-0.39, 0.29) is 0 Å². The Labute approximate surface area is 203 Å². The van der Waals surface area contributed by atoms with Crippen LogP contribution < -0.4 is 15.5 Å². The Morgan fingerprint density at radius 2 is 1.79 bits per heavy atom. The zero-order valence-electron chi connectivity index (χ0n) is 18.4. The number of nitrogens with one attached hydrogen (secondary N) is 2. The molecule has 0 amide bonds. The van der Waals surface area contributed by atoms with Crippen LogP contribution in [0.25, 0.3) is 0 Å². The molecule has 3 heterocycles. The summed E-state index contributed by atoms with van der Waals surface area (Å²) in [7, 11) is 0. The van der Waals surface area contributed by atoms with Crippen molar-refractivity contribution in [2.24, 2.45) is 0 Å². The summed E-state index contributed by atoms with van der Waals surface area (Å²) in [5.41, 5.74) is 2.75. The van der Waals surface area contributed by atoms with E-state index in [0.717, 1.165) is 43.2 Å². The van der Waals surface area contributed by atoms with Gasteiger partial charge in [-0.05, 0) is 60.4 Å². The van der Waals surface area contributed by atoms with Crippen molar-refractivity contribution in [3.63, 3.8) is 0 Å². The van der Waals surface area contributed by atoms with Crippen LogP contribution >= 0.6 is 24.0 Å². The summed E-state index contributed by atoms with van der Waals surface area (Å²) < 4.78 is 0. The normalized spacial score (nSPS) is 16.2. The van der Waals surface area contributed by atoms with Gasteiger partial charge in [0.05, 0.1) is 0 Å². The molecule has 1 aliphatic carbocycles. The Kier molecular flexibility index (Phi) is 6.97. The summed E-state index contributed by atoms with van der Waals surface area (Å²) in [5.74, 6) is 1.37. The number of thiocarbonyl (C=S) groups is 1. The van der Waals surface area contributed by atoms with Gasteiger partial charge in [0.2, 0.25) is 5.95 Å². The van der Waals surface area contributed by atoms with E-state index in [1.807, 2.05) is 12.1 Å². The van der Waals surface area contributed by atoms with Crippen LogP contribution in [0.3, 0.4) is 0 Å². The molecule has 3 aromatic rings. The Hall–Kier alpha value is -2.78. The molecule has 170 valence electrons. The van der Waals surface area contributed by atoms with Gasteiger partial charge in [-0.2, -0.15) is 4.98 Å². The van der Waals surface area contributed by atoms with Crippen LogP contribution in [-0.4, -0.2) is 37.6 Å². The van der Waals surface area contributed by atoms with Gasteiger partial charge in [0.15, 0.2) is 10.3 Å². The third-order valence-electron chi connectivity index (χ3n) is 6.05. The number of aromatic nitrogens is 4. The van der Waals surface area contributed by atoms with Crippen LogP contribution in [0.5, 0.6) is 0 Å². The van der Waals surface area contributed by atoms with Crippen LogP contribution in [-0.2, 0) is 13.0 Å². The molecule has 0 bridgehead atoms. The third kappa shape index (κ3) is 5.78. The number of hydrogen-bond donors (Lipinski definition) is 2. The van der Waals surface area contributed by atoms with E-state index in [2.05, 4.69) is 49.8 Å². The van der Waals surface area contributed by atoms with E-state index in [9.17, 15) is 0 Å². The average Bonchev–Trinajstić information content (AvgIpc) is 2.85. The lowest BCUT2D eigenvalue weighted by atomic mass is 9.96. The first kappa shape index (κ1) is 22.0. The molecule has 0 atom stereocenters. The van der Waals surface area contributed by atoms with Crippen LogP contribution in [0.2, 0.25) is 0 Å². The van der Waals surface area contributed by atoms with Crippen molar-refractivity contribution in [3.05, 3.63) is 59.9 Å². The molecule has 1 fully saturated rings.